The maximum Gasteiger partial charge on any atom is 0.236 e. The third-order valence-corrected chi connectivity index (χ3v) is 4.82. The van der Waals surface area contributed by atoms with Crippen LogP contribution < -0.4 is 9.47 Å². The van der Waals surface area contributed by atoms with Gasteiger partial charge in [-0.2, -0.15) is 0 Å². The number of thioether (sulfide) groups is 1. The highest BCUT2D eigenvalue weighted by Crippen LogP contribution is 2.44. The van der Waals surface area contributed by atoms with Gasteiger partial charge in [-0.15, -0.1) is 11.8 Å². The topological polar surface area (TPSA) is 61.8 Å². The molecule has 1 aromatic rings. The number of methoxy groups -OCH3 is 2. The number of carbonyl (C=O) groups is 2. The largest absolute Gasteiger partial charge is 0.496 e. The van der Waals surface area contributed by atoms with Crippen molar-refractivity contribution in [2.75, 3.05) is 20.5 Å². The second kappa shape index (κ2) is 8.05. The Morgan fingerprint density at radius 3 is 2.67 bits per heavy atom. The molecule has 0 fully saturated rings. The van der Waals surface area contributed by atoms with Gasteiger partial charge in [0, 0.05) is 24.9 Å². The third-order valence-electron chi connectivity index (χ3n) is 3.70. The van der Waals surface area contributed by atoms with Gasteiger partial charge in [0.2, 0.25) is 5.78 Å². The number of benzene rings is 1. The van der Waals surface area contributed by atoms with Crippen LogP contribution in [0.4, 0.5) is 0 Å². The van der Waals surface area contributed by atoms with Gasteiger partial charge in [-0.1, -0.05) is 11.6 Å². The molecule has 1 unspecified atom stereocenters. The molecule has 0 N–H and O–H groups in total. The van der Waals surface area contributed by atoms with E-state index in [0.717, 1.165) is 0 Å². The number of ketones is 2. The molecule has 5 nitrogen and oxygen atoms in total. The average molecular weight is 371 g/mol. The molecule has 0 spiro atoms. The van der Waals surface area contributed by atoms with Gasteiger partial charge in [0.15, 0.2) is 11.5 Å². The second-order valence-electron chi connectivity index (χ2n) is 5.31. The Morgan fingerprint density at radius 1 is 1.38 bits per heavy atom. The van der Waals surface area contributed by atoms with Gasteiger partial charge >= 0.3 is 0 Å². The highest BCUT2D eigenvalue weighted by Gasteiger charge is 2.35. The highest BCUT2D eigenvalue weighted by atomic mass is 35.5. The molecule has 130 valence electrons. The lowest BCUT2D eigenvalue weighted by Crippen LogP contribution is -2.13. The van der Waals surface area contributed by atoms with Crippen molar-refractivity contribution >= 4 is 34.9 Å². The van der Waals surface area contributed by atoms with Gasteiger partial charge in [-0.3, -0.25) is 9.59 Å². The van der Waals surface area contributed by atoms with E-state index in [1.807, 2.05) is 6.92 Å². The van der Waals surface area contributed by atoms with Crippen molar-refractivity contribution in [2.45, 2.75) is 25.9 Å². The predicted octanol–water partition coefficient (Wildman–Crippen LogP) is 3.88. The van der Waals surface area contributed by atoms with E-state index in [1.54, 1.807) is 25.5 Å². The molecule has 0 amide bonds. The summed E-state index contributed by atoms with van der Waals surface area (Å²) in [7, 11) is 3.03. The van der Waals surface area contributed by atoms with Gasteiger partial charge in [0.1, 0.15) is 17.1 Å². The molecule has 1 heterocycles. The number of hydrogen-bond donors (Lipinski definition) is 0. The molecule has 7 heteroatoms. The minimum atomic E-state index is -0.318. The molecule has 0 bridgehead atoms. The van der Waals surface area contributed by atoms with Crippen molar-refractivity contribution in [2.24, 2.45) is 0 Å². The van der Waals surface area contributed by atoms with Crippen LogP contribution in [0.25, 0.3) is 0 Å². The fraction of sp³-hybridized carbons (Fsp3) is 0.412. The van der Waals surface area contributed by atoms with Crippen molar-refractivity contribution in [3.8, 4) is 11.5 Å². The van der Waals surface area contributed by atoms with E-state index in [4.69, 9.17) is 25.8 Å². The number of hydrogen-bond acceptors (Lipinski definition) is 6. The number of halogens is 1. The summed E-state index contributed by atoms with van der Waals surface area (Å²) >= 11 is 7.44. The molecule has 1 aliphatic rings. The normalized spacial score (nSPS) is 16.5. The summed E-state index contributed by atoms with van der Waals surface area (Å²) in [5, 5.41) is 0.328. The lowest BCUT2D eigenvalue weighted by atomic mass is 10.1. The Labute approximate surface area is 150 Å². The van der Waals surface area contributed by atoms with Crippen molar-refractivity contribution in [3.05, 3.63) is 33.4 Å². The van der Waals surface area contributed by atoms with E-state index >= 15 is 0 Å². The highest BCUT2D eigenvalue weighted by molar-refractivity contribution is 8.02. The zero-order valence-corrected chi connectivity index (χ0v) is 15.5. The van der Waals surface area contributed by atoms with E-state index in [2.05, 4.69) is 0 Å². The monoisotopic (exact) mass is 370 g/mol. The van der Waals surface area contributed by atoms with Crippen molar-refractivity contribution in [1.82, 2.24) is 0 Å². The minimum absolute atomic E-state index is 0.0216. The zero-order chi connectivity index (χ0) is 17.9. The molecular formula is C17H19ClO5S. The maximum atomic E-state index is 12.7. The summed E-state index contributed by atoms with van der Waals surface area (Å²) in [5.74, 6) is 0.477. The SMILES string of the molecule is COc1ccc(Cl)c2c1C(=O)/C(=C(/CC(=O)CC(C)OC)SC)O2. The Bertz CT molecular complexity index is 698. The Morgan fingerprint density at radius 2 is 2.08 bits per heavy atom. The second-order valence-corrected chi connectivity index (χ2v) is 6.62. The van der Waals surface area contributed by atoms with Gasteiger partial charge in [-0.25, -0.2) is 0 Å². The van der Waals surface area contributed by atoms with Crippen LogP contribution in [0.1, 0.15) is 30.1 Å². The standard InChI is InChI=1S/C17H19ClO5S/c1-9(21-2)7-10(19)8-13(24-4)17-15(20)14-12(22-3)6-5-11(18)16(14)23-17/h5-6,9H,7-8H2,1-4H3/b17-13+. The summed E-state index contributed by atoms with van der Waals surface area (Å²) < 4.78 is 16.0. The summed E-state index contributed by atoms with van der Waals surface area (Å²) in [6, 6.07) is 3.23. The van der Waals surface area contributed by atoms with Crippen LogP contribution in [0, 0.1) is 0 Å². The molecule has 0 aromatic heterocycles. The van der Waals surface area contributed by atoms with Crippen LogP contribution in [-0.4, -0.2) is 38.1 Å². The van der Waals surface area contributed by atoms with Crippen molar-refractivity contribution in [1.29, 1.82) is 0 Å². The average Bonchev–Trinajstić information content (AvgIpc) is 2.91. The quantitative estimate of drug-likeness (QED) is 0.679. The molecule has 0 radical (unpaired) electrons. The first-order valence-electron chi connectivity index (χ1n) is 7.33. The fourth-order valence-electron chi connectivity index (χ4n) is 2.37. The first kappa shape index (κ1) is 18.8. The number of carbonyl (C=O) groups excluding carboxylic acids is 2. The van der Waals surface area contributed by atoms with Crippen LogP contribution in [0.3, 0.4) is 0 Å². The minimum Gasteiger partial charge on any atom is -0.496 e. The van der Waals surface area contributed by atoms with E-state index < -0.39 is 0 Å². The van der Waals surface area contributed by atoms with E-state index in [0.29, 0.717) is 21.2 Å². The zero-order valence-electron chi connectivity index (χ0n) is 14.0. The molecule has 0 aliphatic carbocycles. The summed E-state index contributed by atoms with van der Waals surface area (Å²) in [6.07, 6.45) is 2.02. The summed E-state index contributed by atoms with van der Waals surface area (Å²) in [5.41, 5.74) is 0.296. The van der Waals surface area contributed by atoms with Gasteiger partial charge in [0.05, 0.1) is 18.2 Å². The lowest BCUT2D eigenvalue weighted by Gasteiger charge is -2.10. The Balaban J connectivity index is 2.33. The van der Waals surface area contributed by atoms with E-state index in [1.165, 1.54) is 18.9 Å². The molecule has 0 saturated carbocycles. The van der Waals surface area contributed by atoms with E-state index in [-0.39, 0.29) is 42.0 Å². The van der Waals surface area contributed by atoms with E-state index in [9.17, 15) is 9.59 Å². The molecule has 1 aromatic carbocycles. The molecule has 0 saturated heterocycles. The molecule has 2 rings (SSSR count). The fourth-order valence-corrected chi connectivity index (χ4v) is 3.19. The third kappa shape index (κ3) is 3.77. The number of Topliss-reactive ketones (excluding diaryl/α,β-unsaturated/α-hetero) is 2. The lowest BCUT2D eigenvalue weighted by molar-refractivity contribution is -0.120. The van der Waals surface area contributed by atoms with Gasteiger partial charge in [-0.05, 0) is 25.3 Å². The number of ether oxygens (including phenoxy) is 3. The molecule has 1 atom stereocenters. The first-order chi connectivity index (χ1) is 11.4. The molecule has 1 aliphatic heterocycles. The van der Waals surface area contributed by atoms with Gasteiger partial charge < -0.3 is 14.2 Å². The smallest absolute Gasteiger partial charge is 0.236 e. The van der Waals surface area contributed by atoms with Crippen LogP contribution in [0.5, 0.6) is 11.5 Å². The van der Waals surface area contributed by atoms with Gasteiger partial charge in [0.25, 0.3) is 0 Å². The Kier molecular flexibility index (Phi) is 6.32. The number of allylic oxidation sites excluding steroid dienone is 2. The molecule has 24 heavy (non-hydrogen) atoms. The predicted molar refractivity (Wildman–Crippen MR) is 94.2 cm³/mol. The first-order valence-corrected chi connectivity index (χ1v) is 8.93. The van der Waals surface area contributed by atoms with Crippen molar-refractivity contribution < 1.29 is 23.8 Å². The van der Waals surface area contributed by atoms with Crippen LogP contribution in [0.15, 0.2) is 22.8 Å². The maximum absolute atomic E-state index is 12.7. The Hall–Kier alpha value is -1.50. The van der Waals surface area contributed by atoms with Crippen LogP contribution in [-0.2, 0) is 9.53 Å². The summed E-state index contributed by atoms with van der Waals surface area (Å²) in [4.78, 5) is 25.5. The number of fused-ring (bicyclic) bond motifs is 1. The van der Waals surface area contributed by atoms with Crippen LogP contribution in [0.2, 0.25) is 5.02 Å². The summed E-state index contributed by atoms with van der Waals surface area (Å²) in [6.45, 7) is 1.82. The van der Waals surface area contributed by atoms with Crippen LogP contribution >= 0.6 is 23.4 Å². The number of rotatable bonds is 7. The molecular weight excluding hydrogens is 352 g/mol. The van der Waals surface area contributed by atoms with Crippen molar-refractivity contribution in [3.63, 3.8) is 0 Å².